The summed E-state index contributed by atoms with van der Waals surface area (Å²) in [6, 6.07) is 10.2. The molecule has 1 unspecified atom stereocenters. The Hall–Kier alpha value is -1.96. The number of thiazole rings is 1. The lowest BCUT2D eigenvalue weighted by Gasteiger charge is -2.14. The lowest BCUT2D eigenvalue weighted by molar-refractivity contribution is 0.184. The fourth-order valence-electron chi connectivity index (χ4n) is 2.32. The van der Waals surface area contributed by atoms with Gasteiger partial charge in [-0.3, -0.25) is 4.99 Å². The Bertz CT molecular complexity index is 807. The molecule has 0 spiro atoms. The van der Waals surface area contributed by atoms with E-state index in [1.54, 1.807) is 29.7 Å². The third kappa shape index (κ3) is 4.11. The zero-order valence-corrected chi connectivity index (χ0v) is 15.2. The predicted molar refractivity (Wildman–Crippen MR) is 102 cm³/mol. The van der Waals surface area contributed by atoms with Crippen LogP contribution in [-0.2, 0) is 6.54 Å². The number of nitrogens with zero attached hydrogens (tertiary/aromatic N) is 2. The van der Waals surface area contributed by atoms with Gasteiger partial charge in [0.25, 0.3) is 0 Å². The van der Waals surface area contributed by atoms with E-state index in [4.69, 9.17) is 0 Å². The van der Waals surface area contributed by atoms with Crippen LogP contribution in [-0.4, -0.2) is 29.6 Å². The molecule has 0 aliphatic rings. The van der Waals surface area contributed by atoms with Crippen molar-refractivity contribution < 1.29 is 5.11 Å². The smallest absolute Gasteiger partial charge is 0.191 e. The highest BCUT2D eigenvalue weighted by atomic mass is 32.1. The molecule has 0 aliphatic heterocycles. The van der Waals surface area contributed by atoms with Gasteiger partial charge in [-0.2, -0.15) is 0 Å². The summed E-state index contributed by atoms with van der Waals surface area (Å²) in [5.74, 6) is 0.656. The highest BCUT2D eigenvalue weighted by Crippen LogP contribution is 2.29. The van der Waals surface area contributed by atoms with Crippen molar-refractivity contribution in [3.8, 4) is 0 Å². The summed E-state index contributed by atoms with van der Waals surface area (Å²) in [5, 5.41) is 21.0. The first kappa shape index (κ1) is 16.9. The molecule has 126 valence electrons. The molecule has 3 N–H and O–H groups in total. The molecule has 3 aromatic rings. The molecule has 0 aliphatic carbocycles. The van der Waals surface area contributed by atoms with Crippen molar-refractivity contribution >= 4 is 38.7 Å². The molecule has 0 fully saturated rings. The minimum atomic E-state index is -0.567. The molecule has 0 amide bonds. The monoisotopic (exact) mass is 360 g/mol. The van der Waals surface area contributed by atoms with Crippen molar-refractivity contribution in [2.24, 2.45) is 4.99 Å². The zero-order valence-electron chi connectivity index (χ0n) is 13.6. The molecule has 0 bridgehead atoms. The van der Waals surface area contributed by atoms with Crippen LogP contribution in [0.1, 0.15) is 21.7 Å². The van der Waals surface area contributed by atoms with Gasteiger partial charge in [-0.15, -0.1) is 22.7 Å². The number of aliphatic hydroxyl groups is 1. The van der Waals surface area contributed by atoms with Crippen LogP contribution in [0.25, 0.3) is 10.1 Å². The van der Waals surface area contributed by atoms with Crippen LogP contribution in [0.4, 0.5) is 0 Å². The number of aliphatic hydroxyl groups excluding tert-OH is 1. The van der Waals surface area contributed by atoms with Crippen molar-refractivity contribution in [3.05, 3.63) is 51.3 Å². The van der Waals surface area contributed by atoms with Gasteiger partial charge in [0.2, 0.25) is 0 Å². The maximum atomic E-state index is 10.4. The van der Waals surface area contributed by atoms with E-state index in [0.717, 1.165) is 21.0 Å². The summed E-state index contributed by atoms with van der Waals surface area (Å²) in [6.07, 6.45) is -0.567. The number of benzene rings is 1. The molecule has 0 saturated carbocycles. The summed E-state index contributed by atoms with van der Waals surface area (Å²) in [7, 11) is 1.72. The van der Waals surface area contributed by atoms with Crippen molar-refractivity contribution in [1.82, 2.24) is 15.6 Å². The van der Waals surface area contributed by atoms with Gasteiger partial charge >= 0.3 is 0 Å². The Balaban J connectivity index is 1.54. The SMILES string of the molecule is CN=C(NCc1nc(C)cs1)NCC(O)c1cc2ccccc2s1. The number of rotatable bonds is 5. The summed E-state index contributed by atoms with van der Waals surface area (Å²) >= 11 is 3.24. The number of aryl methyl sites for hydroxylation is 1. The van der Waals surface area contributed by atoms with E-state index in [2.05, 4.69) is 32.7 Å². The highest BCUT2D eigenvalue weighted by molar-refractivity contribution is 7.19. The minimum absolute atomic E-state index is 0.406. The summed E-state index contributed by atoms with van der Waals surface area (Å²) < 4.78 is 1.19. The van der Waals surface area contributed by atoms with Crippen LogP contribution < -0.4 is 10.6 Å². The Kier molecular flexibility index (Phi) is 5.44. The number of hydrogen-bond acceptors (Lipinski definition) is 5. The standard InChI is InChI=1S/C17H20N4OS2/c1-11-10-23-16(21-11)9-20-17(18-2)19-8-13(22)15-7-12-5-3-4-6-14(12)24-15/h3-7,10,13,22H,8-9H2,1-2H3,(H2,18,19,20). The second-order valence-electron chi connectivity index (χ2n) is 5.39. The van der Waals surface area contributed by atoms with E-state index in [9.17, 15) is 5.11 Å². The number of hydrogen-bond donors (Lipinski definition) is 3. The van der Waals surface area contributed by atoms with E-state index in [0.29, 0.717) is 19.0 Å². The van der Waals surface area contributed by atoms with Crippen LogP contribution in [0, 0.1) is 6.92 Å². The molecule has 5 nitrogen and oxygen atoms in total. The van der Waals surface area contributed by atoms with E-state index in [1.165, 1.54) is 4.70 Å². The van der Waals surface area contributed by atoms with Crippen LogP contribution in [0.5, 0.6) is 0 Å². The van der Waals surface area contributed by atoms with Gasteiger partial charge < -0.3 is 15.7 Å². The number of guanidine groups is 1. The van der Waals surface area contributed by atoms with Gasteiger partial charge in [0.05, 0.1) is 6.54 Å². The number of thiophene rings is 1. The molecule has 0 radical (unpaired) electrons. The normalized spacial score (nSPS) is 13.2. The van der Waals surface area contributed by atoms with Crippen molar-refractivity contribution in [3.63, 3.8) is 0 Å². The maximum absolute atomic E-state index is 10.4. The van der Waals surface area contributed by atoms with Crippen LogP contribution in [0.3, 0.4) is 0 Å². The Morgan fingerprint density at radius 3 is 2.88 bits per heavy atom. The van der Waals surface area contributed by atoms with Gasteiger partial charge in [-0.1, -0.05) is 18.2 Å². The van der Waals surface area contributed by atoms with E-state index in [-0.39, 0.29) is 0 Å². The Labute approximate surface area is 149 Å². The predicted octanol–water partition coefficient (Wildman–Crippen LogP) is 3.06. The van der Waals surface area contributed by atoms with Crippen molar-refractivity contribution in [2.75, 3.05) is 13.6 Å². The number of aliphatic imine (C=N–C) groups is 1. The van der Waals surface area contributed by atoms with Crippen LogP contribution >= 0.6 is 22.7 Å². The average molecular weight is 361 g/mol. The third-order valence-electron chi connectivity index (χ3n) is 3.53. The van der Waals surface area contributed by atoms with Gasteiger partial charge in [0.15, 0.2) is 5.96 Å². The first-order valence-corrected chi connectivity index (χ1v) is 9.37. The van der Waals surface area contributed by atoms with Crippen LogP contribution in [0.2, 0.25) is 0 Å². The molecule has 2 heterocycles. The first-order valence-electron chi connectivity index (χ1n) is 7.68. The third-order valence-corrected chi connectivity index (χ3v) is 5.72. The van der Waals surface area contributed by atoms with Gasteiger partial charge in [0.1, 0.15) is 11.1 Å². The quantitative estimate of drug-likeness (QED) is 0.483. The molecule has 1 atom stereocenters. The molecule has 3 rings (SSSR count). The fraction of sp³-hybridized carbons (Fsp3) is 0.294. The average Bonchev–Trinajstić information content (AvgIpc) is 3.20. The minimum Gasteiger partial charge on any atom is -0.386 e. The van der Waals surface area contributed by atoms with E-state index >= 15 is 0 Å². The molecule has 2 aromatic heterocycles. The molecule has 0 saturated heterocycles. The van der Waals surface area contributed by atoms with Gasteiger partial charge in [-0.25, -0.2) is 4.98 Å². The summed E-state index contributed by atoms with van der Waals surface area (Å²) in [6.45, 7) is 3.01. The maximum Gasteiger partial charge on any atom is 0.191 e. The Morgan fingerprint density at radius 1 is 1.33 bits per heavy atom. The number of fused-ring (bicyclic) bond motifs is 1. The molecular weight excluding hydrogens is 340 g/mol. The largest absolute Gasteiger partial charge is 0.386 e. The van der Waals surface area contributed by atoms with Crippen molar-refractivity contribution in [1.29, 1.82) is 0 Å². The highest BCUT2D eigenvalue weighted by Gasteiger charge is 2.12. The van der Waals surface area contributed by atoms with Gasteiger partial charge in [-0.05, 0) is 24.4 Å². The van der Waals surface area contributed by atoms with E-state index in [1.807, 2.05) is 30.5 Å². The molecule has 1 aromatic carbocycles. The first-order chi connectivity index (χ1) is 11.7. The topological polar surface area (TPSA) is 69.5 Å². The molecule has 24 heavy (non-hydrogen) atoms. The lowest BCUT2D eigenvalue weighted by atomic mass is 10.2. The Morgan fingerprint density at radius 2 is 2.17 bits per heavy atom. The van der Waals surface area contributed by atoms with Crippen molar-refractivity contribution in [2.45, 2.75) is 19.6 Å². The fourth-order valence-corrected chi connectivity index (χ4v) is 4.09. The molecule has 7 heteroatoms. The summed E-state index contributed by atoms with van der Waals surface area (Å²) in [5.41, 5.74) is 1.03. The molecular formula is C17H20N4OS2. The van der Waals surface area contributed by atoms with Gasteiger partial charge in [0, 0.05) is 34.2 Å². The second kappa shape index (κ2) is 7.74. The second-order valence-corrected chi connectivity index (χ2v) is 7.45. The van der Waals surface area contributed by atoms with Crippen LogP contribution in [0.15, 0.2) is 40.7 Å². The lowest BCUT2D eigenvalue weighted by Crippen LogP contribution is -2.38. The number of aromatic nitrogens is 1. The zero-order chi connectivity index (χ0) is 16.9. The van der Waals surface area contributed by atoms with E-state index < -0.39 is 6.10 Å². The number of nitrogens with one attached hydrogen (secondary N) is 2. The summed E-state index contributed by atoms with van der Waals surface area (Å²) in [4.78, 5) is 9.54.